The number of nitrogens with one attached hydrogen (secondary N) is 2. The Morgan fingerprint density at radius 1 is 1.03 bits per heavy atom. The molecule has 0 bridgehead atoms. The summed E-state index contributed by atoms with van der Waals surface area (Å²) in [7, 11) is -2.42. The minimum Gasteiger partial charge on any atom is -0.495 e. The minimum absolute atomic E-state index is 0.0667. The van der Waals surface area contributed by atoms with Crippen LogP contribution in [0, 0.1) is 0 Å². The highest BCUT2D eigenvalue weighted by Gasteiger charge is 2.30. The fourth-order valence-corrected chi connectivity index (χ4v) is 5.13. The van der Waals surface area contributed by atoms with Crippen LogP contribution in [-0.2, 0) is 10.0 Å². The molecule has 1 aliphatic carbocycles. The van der Waals surface area contributed by atoms with Gasteiger partial charge in [-0.25, -0.2) is 18.1 Å². The molecule has 3 aromatic carbocycles. The van der Waals surface area contributed by atoms with Crippen molar-refractivity contribution in [3.8, 4) is 11.4 Å². The second-order valence-electron chi connectivity index (χ2n) is 7.81. The van der Waals surface area contributed by atoms with E-state index in [2.05, 4.69) is 15.0 Å². The van der Waals surface area contributed by atoms with E-state index >= 15 is 0 Å². The zero-order valence-electron chi connectivity index (χ0n) is 17.9. The molecule has 1 aromatic heterocycles. The van der Waals surface area contributed by atoms with Gasteiger partial charge in [0.15, 0.2) is 0 Å². The van der Waals surface area contributed by atoms with Gasteiger partial charge in [-0.2, -0.15) is 0 Å². The maximum atomic E-state index is 13.2. The quantitative estimate of drug-likeness (QED) is 0.436. The summed E-state index contributed by atoms with van der Waals surface area (Å²) in [4.78, 5) is 17.7. The van der Waals surface area contributed by atoms with E-state index < -0.39 is 15.9 Å². The molecule has 8 nitrogen and oxygen atoms in total. The molecule has 0 atom stereocenters. The summed E-state index contributed by atoms with van der Waals surface area (Å²) in [5, 5.41) is 2.84. The predicted octanol–water partition coefficient (Wildman–Crippen LogP) is 3.73. The van der Waals surface area contributed by atoms with Crippen molar-refractivity contribution in [3.05, 3.63) is 78.4 Å². The average molecular weight is 463 g/mol. The highest BCUT2D eigenvalue weighted by molar-refractivity contribution is 7.89. The molecule has 2 N–H and O–H groups in total. The number of sulfonamides is 1. The van der Waals surface area contributed by atoms with Gasteiger partial charge in [-0.1, -0.05) is 30.3 Å². The Kier molecular flexibility index (Phi) is 5.35. The van der Waals surface area contributed by atoms with Gasteiger partial charge in [-0.15, -0.1) is 0 Å². The van der Waals surface area contributed by atoms with Gasteiger partial charge in [0.25, 0.3) is 5.91 Å². The molecule has 1 saturated carbocycles. The van der Waals surface area contributed by atoms with Crippen LogP contribution in [0.25, 0.3) is 16.7 Å². The van der Waals surface area contributed by atoms with Crippen LogP contribution in [0.2, 0.25) is 0 Å². The van der Waals surface area contributed by atoms with E-state index in [-0.39, 0.29) is 22.3 Å². The third-order valence-electron chi connectivity index (χ3n) is 5.42. The van der Waals surface area contributed by atoms with Gasteiger partial charge < -0.3 is 4.74 Å². The van der Waals surface area contributed by atoms with Crippen LogP contribution in [0.1, 0.15) is 23.2 Å². The lowest BCUT2D eigenvalue weighted by Crippen LogP contribution is -2.26. The summed E-state index contributed by atoms with van der Waals surface area (Å²) < 4.78 is 35.3. The lowest BCUT2D eigenvalue weighted by Gasteiger charge is -2.13. The third kappa shape index (κ3) is 4.20. The number of ether oxygens (including phenoxy) is 1. The Hall–Kier alpha value is -3.69. The first-order chi connectivity index (χ1) is 16.0. The molecule has 1 fully saturated rings. The fourth-order valence-electron chi connectivity index (χ4n) is 3.63. The van der Waals surface area contributed by atoms with E-state index in [4.69, 9.17) is 4.74 Å². The second kappa shape index (κ2) is 8.34. The van der Waals surface area contributed by atoms with E-state index in [1.165, 1.54) is 25.3 Å². The van der Waals surface area contributed by atoms with Crippen molar-refractivity contribution in [1.29, 1.82) is 0 Å². The molecule has 0 saturated heterocycles. The van der Waals surface area contributed by atoms with E-state index in [1.54, 1.807) is 0 Å². The lowest BCUT2D eigenvalue weighted by molar-refractivity contribution is 0.102. The third-order valence-corrected chi connectivity index (χ3v) is 6.96. The molecular formula is C24H22N4O4S. The summed E-state index contributed by atoms with van der Waals surface area (Å²) in [6.07, 6.45) is 1.61. The number of amides is 1. The number of imidazole rings is 1. The van der Waals surface area contributed by atoms with Crippen LogP contribution < -0.4 is 14.8 Å². The van der Waals surface area contributed by atoms with Gasteiger partial charge in [0.2, 0.25) is 16.0 Å². The van der Waals surface area contributed by atoms with E-state index in [9.17, 15) is 13.2 Å². The number of methoxy groups -OCH3 is 1. The molecule has 168 valence electrons. The standard InChI is InChI=1S/C24H22N4O4S/c1-32-21-14-11-16(15-22(21)33(30,31)27-17-12-13-17)23(29)26-24-25-19-9-5-6-10-20(19)28(24)18-7-3-2-4-8-18/h2-11,14-15,17,27H,12-13H2,1H3,(H,25,26,29). The predicted molar refractivity (Wildman–Crippen MR) is 125 cm³/mol. The van der Waals surface area contributed by atoms with Crippen molar-refractivity contribution in [2.45, 2.75) is 23.8 Å². The number of benzene rings is 3. The first-order valence-corrected chi connectivity index (χ1v) is 12.0. The Labute approximate surface area is 191 Å². The maximum absolute atomic E-state index is 13.2. The number of hydrogen-bond donors (Lipinski definition) is 2. The van der Waals surface area contributed by atoms with Gasteiger partial charge >= 0.3 is 0 Å². The lowest BCUT2D eigenvalue weighted by atomic mass is 10.2. The van der Waals surface area contributed by atoms with Crippen molar-refractivity contribution in [2.75, 3.05) is 12.4 Å². The molecule has 1 amide bonds. The number of hydrogen-bond acceptors (Lipinski definition) is 5. The fraction of sp³-hybridized carbons (Fsp3) is 0.167. The molecule has 33 heavy (non-hydrogen) atoms. The normalized spacial score (nSPS) is 13.7. The van der Waals surface area contributed by atoms with Crippen LogP contribution in [0.3, 0.4) is 0 Å². The number of rotatable bonds is 7. The van der Waals surface area contributed by atoms with Crippen molar-refractivity contribution in [3.63, 3.8) is 0 Å². The topological polar surface area (TPSA) is 102 Å². The molecule has 0 aliphatic heterocycles. The molecule has 1 aliphatic rings. The number of fused-ring (bicyclic) bond motifs is 1. The van der Waals surface area contributed by atoms with Crippen LogP contribution in [0.15, 0.2) is 77.7 Å². The molecule has 1 heterocycles. The molecule has 4 aromatic rings. The molecule has 5 rings (SSSR count). The number of anilines is 1. The van der Waals surface area contributed by atoms with E-state index in [0.29, 0.717) is 5.95 Å². The molecule has 0 radical (unpaired) electrons. The Morgan fingerprint density at radius 3 is 2.48 bits per heavy atom. The van der Waals surface area contributed by atoms with Crippen molar-refractivity contribution in [2.24, 2.45) is 0 Å². The smallest absolute Gasteiger partial charge is 0.258 e. The summed E-state index contributed by atoms with van der Waals surface area (Å²) in [5.74, 6) is 0.0352. The number of para-hydroxylation sites is 3. The summed E-state index contributed by atoms with van der Waals surface area (Å²) in [5.41, 5.74) is 2.58. The van der Waals surface area contributed by atoms with Crippen molar-refractivity contribution >= 4 is 32.9 Å². The molecule has 9 heteroatoms. The molecule has 0 unspecified atom stereocenters. The van der Waals surface area contributed by atoms with Crippen LogP contribution in [-0.4, -0.2) is 37.0 Å². The van der Waals surface area contributed by atoms with Gasteiger partial charge in [0.05, 0.1) is 18.1 Å². The Balaban J connectivity index is 1.52. The maximum Gasteiger partial charge on any atom is 0.258 e. The van der Waals surface area contributed by atoms with Crippen LogP contribution in [0.4, 0.5) is 5.95 Å². The number of carbonyl (C=O) groups is 1. The zero-order valence-corrected chi connectivity index (χ0v) is 18.7. The van der Waals surface area contributed by atoms with Crippen molar-refractivity contribution < 1.29 is 17.9 Å². The first-order valence-electron chi connectivity index (χ1n) is 10.5. The van der Waals surface area contributed by atoms with E-state index in [0.717, 1.165) is 29.6 Å². The zero-order chi connectivity index (χ0) is 23.0. The number of nitrogens with zero attached hydrogens (tertiary/aromatic N) is 2. The summed E-state index contributed by atoms with van der Waals surface area (Å²) >= 11 is 0. The van der Waals surface area contributed by atoms with E-state index in [1.807, 2.05) is 59.2 Å². The Morgan fingerprint density at radius 2 is 1.76 bits per heavy atom. The van der Waals surface area contributed by atoms with Gasteiger partial charge in [0.1, 0.15) is 10.6 Å². The highest BCUT2D eigenvalue weighted by atomic mass is 32.2. The monoisotopic (exact) mass is 462 g/mol. The average Bonchev–Trinajstić information content (AvgIpc) is 3.56. The summed E-state index contributed by atoms with van der Waals surface area (Å²) in [6, 6.07) is 21.4. The van der Waals surface area contributed by atoms with Crippen molar-refractivity contribution in [1.82, 2.24) is 14.3 Å². The van der Waals surface area contributed by atoms with Gasteiger partial charge in [0, 0.05) is 17.3 Å². The summed E-state index contributed by atoms with van der Waals surface area (Å²) in [6.45, 7) is 0. The molecule has 0 spiro atoms. The SMILES string of the molecule is COc1ccc(C(=O)Nc2nc3ccccc3n2-c2ccccc2)cc1S(=O)(=O)NC1CC1. The van der Waals surface area contributed by atoms with Crippen LogP contribution in [0.5, 0.6) is 5.75 Å². The van der Waals surface area contributed by atoms with Gasteiger partial charge in [-0.05, 0) is 55.3 Å². The second-order valence-corrected chi connectivity index (χ2v) is 9.49. The van der Waals surface area contributed by atoms with Crippen LogP contribution >= 0.6 is 0 Å². The first kappa shape index (κ1) is 21.2. The largest absolute Gasteiger partial charge is 0.495 e. The Bertz CT molecular complexity index is 1440. The highest BCUT2D eigenvalue weighted by Crippen LogP contribution is 2.29. The molecular weight excluding hydrogens is 440 g/mol. The number of carbonyl (C=O) groups excluding carboxylic acids is 1. The van der Waals surface area contributed by atoms with Gasteiger partial charge in [-0.3, -0.25) is 14.7 Å². The minimum atomic E-state index is -3.82. The number of aromatic nitrogens is 2.